The van der Waals surface area contributed by atoms with Crippen LogP contribution in [0.5, 0.6) is 5.88 Å². The predicted octanol–water partition coefficient (Wildman–Crippen LogP) is 6.84. The molecule has 2 aliphatic rings. The fraction of sp³-hybridized carbons (Fsp3) is 0.406. The topological polar surface area (TPSA) is 98.5 Å². The largest absolute Gasteiger partial charge is 0.481 e. The van der Waals surface area contributed by atoms with Crippen molar-refractivity contribution in [3.63, 3.8) is 0 Å². The molecule has 260 valence electrons. The standard InChI is InChI=1S/C32H30F7N7O3/c1-15-26(16(2)44(4)43-15)19-8-23(28(48-5)40-10-19)24-11-41-29(45-12-22(33)13-45)42-25(24)14-46-17(3)27(49-30(46)47)18-6-20(31(34,35)36)9-21(7-18)32(37,38)39/h6-11,17,22,27H,12-14H2,1-5H3/t17-,27-/m0/s1. The van der Waals surface area contributed by atoms with E-state index in [1.54, 1.807) is 28.9 Å². The molecule has 0 bridgehead atoms. The highest BCUT2D eigenvalue weighted by Gasteiger charge is 2.44. The minimum absolute atomic E-state index is 0.0131. The molecule has 0 spiro atoms. The first-order valence-electron chi connectivity index (χ1n) is 15.0. The van der Waals surface area contributed by atoms with Gasteiger partial charge in [0.2, 0.25) is 11.8 Å². The molecule has 2 atom stereocenters. The fourth-order valence-electron chi connectivity index (χ4n) is 6.09. The van der Waals surface area contributed by atoms with E-state index in [1.807, 2.05) is 13.8 Å². The Morgan fingerprint density at radius 2 is 1.61 bits per heavy atom. The number of rotatable bonds is 7. The van der Waals surface area contributed by atoms with Gasteiger partial charge in [0.1, 0.15) is 12.3 Å². The lowest BCUT2D eigenvalue weighted by Crippen LogP contribution is -2.49. The van der Waals surface area contributed by atoms with Crippen LogP contribution in [0.25, 0.3) is 22.3 Å². The number of aryl methyl sites for hydroxylation is 2. The average molecular weight is 694 g/mol. The number of ether oxygens (including phenoxy) is 2. The predicted molar refractivity (Wildman–Crippen MR) is 161 cm³/mol. The van der Waals surface area contributed by atoms with Crippen molar-refractivity contribution in [2.75, 3.05) is 25.1 Å². The normalized spacial score (nSPS) is 18.6. The van der Waals surface area contributed by atoms with E-state index in [0.717, 1.165) is 21.9 Å². The summed E-state index contributed by atoms with van der Waals surface area (Å²) < 4.78 is 108. The van der Waals surface area contributed by atoms with Crippen molar-refractivity contribution in [3.8, 4) is 28.1 Å². The molecule has 17 heteroatoms. The van der Waals surface area contributed by atoms with Crippen LogP contribution in [-0.4, -0.2) is 68.1 Å². The van der Waals surface area contributed by atoms with Crippen LogP contribution in [0.4, 0.5) is 41.5 Å². The zero-order chi connectivity index (χ0) is 35.6. The van der Waals surface area contributed by atoms with E-state index in [0.29, 0.717) is 28.8 Å². The van der Waals surface area contributed by atoms with Crippen LogP contribution < -0.4 is 9.64 Å². The lowest BCUT2D eigenvalue weighted by molar-refractivity contribution is -0.143. The summed E-state index contributed by atoms with van der Waals surface area (Å²) in [6.45, 7) is 4.98. The Labute approximate surface area is 275 Å². The summed E-state index contributed by atoms with van der Waals surface area (Å²) in [7, 11) is 3.22. The summed E-state index contributed by atoms with van der Waals surface area (Å²) in [6, 6.07) is 1.86. The molecule has 0 N–H and O–H groups in total. The summed E-state index contributed by atoms with van der Waals surface area (Å²) >= 11 is 0. The van der Waals surface area contributed by atoms with Crippen LogP contribution >= 0.6 is 0 Å². The summed E-state index contributed by atoms with van der Waals surface area (Å²) in [4.78, 5) is 29.6. The molecule has 0 saturated carbocycles. The number of pyridine rings is 1. The molecule has 49 heavy (non-hydrogen) atoms. The maximum atomic E-state index is 13.8. The molecule has 5 heterocycles. The van der Waals surface area contributed by atoms with Crippen LogP contribution in [0.3, 0.4) is 0 Å². The van der Waals surface area contributed by atoms with E-state index in [1.165, 1.54) is 20.2 Å². The summed E-state index contributed by atoms with van der Waals surface area (Å²) in [5, 5.41) is 4.47. The molecule has 2 saturated heterocycles. The van der Waals surface area contributed by atoms with E-state index in [-0.39, 0.29) is 43.2 Å². The van der Waals surface area contributed by atoms with Gasteiger partial charge in [-0.05, 0) is 50.6 Å². The highest BCUT2D eigenvalue weighted by Crippen LogP contribution is 2.42. The van der Waals surface area contributed by atoms with Gasteiger partial charge in [-0.2, -0.15) is 31.4 Å². The van der Waals surface area contributed by atoms with Crippen molar-refractivity contribution in [1.29, 1.82) is 0 Å². The van der Waals surface area contributed by atoms with Gasteiger partial charge in [0.15, 0.2) is 0 Å². The van der Waals surface area contributed by atoms with Gasteiger partial charge in [0.25, 0.3) is 0 Å². The lowest BCUT2D eigenvalue weighted by Gasteiger charge is -2.34. The zero-order valence-electron chi connectivity index (χ0n) is 26.8. The number of carbonyl (C=O) groups is 1. The summed E-state index contributed by atoms with van der Waals surface area (Å²) in [5.74, 6) is 0.353. The molecule has 6 rings (SSSR count). The maximum Gasteiger partial charge on any atom is 0.416 e. The van der Waals surface area contributed by atoms with Gasteiger partial charge in [-0.25, -0.2) is 24.1 Å². The second kappa shape index (κ2) is 12.2. The third kappa shape index (κ3) is 6.33. The number of hydrogen-bond donors (Lipinski definition) is 0. The van der Waals surface area contributed by atoms with Gasteiger partial charge in [-0.1, -0.05) is 0 Å². The first-order valence-corrected chi connectivity index (χ1v) is 15.0. The molecule has 1 amide bonds. The molecular weight excluding hydrogens is 663 g/mol. The minimum Gasteiger partial charge on any atom is -0.481 e. The quantitative estimate of drug-likeness (QED) is 0.194. The fourth-order valence-corrected chi connectivity index (χ4v) is 6.09. The Bertz CT molecular complexity index is 1890. The number of hydrogen-bond acceptors (Lipinski definition) is 8. The first kappa shape index (κ1) is 33.9. The Morgan fingerprint density at radius 1 is 0.959 bits per heavy atom. The van der Waals surface area contributed by atoms with Gasteiger partial charge in [-0.15, -0.1) is 0 Å². The van der Waals surface area contributed by atoms with Gasteiger partial charge in [-0.3, -0.25) is 9.58 Å². The third-order valence-electron chi connectivity index (χ3n) is 8.76. The van der Waals surface area contributed by atoms with Gasteiger partial charge >= 0.3 is 18.4 Å². The molecule has 0 unspecified atom stereocenters. The van der Waals surface area contributed by atoms with E-state index in [9.17, 15) is 35.5 Å². The smallest absolute Gasteiger partial charge is 0.416 e. The van der Waals surface area contributed by atoms with Crippen LogP contribution in [0, 0.1) is 13.8 Å². The second-order valence-electron chi connectivity index (χ2n) is 12.0. The number of benzene rings is 1. The van der Waals surface area contributed by atoms with E-state index >= 15 is 0 Å². The Hall–Kier alpha value is -4.96. The number of alkyl halides is 7. The summed E-state index contributed by atoms with van der Waals surface area (Å²) in [5.41, 5.74) is 0.631. The number of methoxy groups -OCH3 is 1. The maximum absolute atomic E-state index is 13.8. The van der Waals surface area contributed by atoms with Gasteiger partial charge in [0, 0.05) is 47.4 Å². The molecule has 3 aromatic heterocycles. The number of amides is 1. The van der Waals surface area contributed by atoms with E-state index < -0.39 is 53.5 Å². The van der Waals surface area contributed by atoms with Crippen molar-refractivity contribution < 1.29 is 45.0 Å². The van der Waals surface area contributed by atoms with Crippen LogP contribution in [0.2, 0.25) is 0 Å². The van der Waals surface area contributed by atoms with Gasteiger partial charge < -0.3 is 14.4 Å². The van der Waals surface area contributed by atoms with Crippen molar-refractivity contribution in [2.45, 2.75) is 58.0 Å². The Balaban J connectivity index is 1.42. The van der Waals surface area contributed by atoms with Crippen molar-refractivity contribution in [2.24, 2.45) is 7.05 Å². The van der Waals surface area contributed by atoms with Crippen LogP contribution in [0.15, 0.2) is 36.7 Å². The van der Waals surface area contributed by atoms with Crippen LogP contribution in [0.1, 0.15) is 46.8 Å². The lowest BCUT2D eigenvalue weighted by atomic mass is 9.97. The Morgan fingerprint density at radius 3 is 2.16 bits per heavy atom. The molecule has 0 radical (unpaired) electrons. The first-order chi connectivity index (χ1) is 23.0. The summed E-state index contributed by atoms with van der Waals surface area (Å²) in [6.07, 6.45) is -10.6. The average Bonchev–Trinajstić information content (AvgIpc) is 3.45. The molecule has 0 aliphatic carbocycles. The minimum atomic E-state index is -5.09. The van der Waals surface area contributed by atoms with Gasteiger partial charge in [0.05, 0.1) is 55.3 Å². The molecular formula is C32H30F7N7O3. The molecule has 2 fully saturated rings. The van der Waals surface area contributed by atoms with E-state index in [2.05, 4.69) is 20.1 Å². The molecule has 2 aliphatic heterocycles. The van der Waals surface area contributed by atoms with Crippen molar-refractivity contribution in [3.05, 3.63) is 70.4 Å². The third-order valence-corrected chi connectivity index (χ3v) is 8.76. The number of halogens is 7. The monoisotopic (exact) mass is 693 g/mol. The van der Waals surface area contributed by atoms with Crippen LogP contribution in [-0.2, 0) is 30.7 Å². The van der Waals surface area contributed by atoms with E-state index in [4.69, 9.17) is 9.47 Å². The number of nitrogens with zero attached hydrogens (tertiary/aromatic N) is 7. The number of cyclic esters (lactones) is 1. The SMILES string of the molecule is COc1ncc(-c2c(C)nn(C)c2C)cc1-c1cnc(N2CC(F)C2)nc1CN1C(=O)O[C@H](c2cc(C(F)(F)F)cc(C(F)(F)F)c2)[C@@H]1C. The molecule has 10 nitrogen and oxygen atoms in total. The number of anilines is 1. The van der Waals surface area contributed by atoms with Crippen molar-refractivity contribution >= 4 is 12.0 Å². The highest BCUT2D eigenvalue weighted by atomic mass is 19.4. The van der Waals surface area contributed by atoms with Crippen molar-refractivity contribution in [1.82, 2.24) is 29.6 Å². The number of aromatic nitrogens is 5. The molecule has 4 aromatic rings. The zero-order valence-corrected chi connectivity index (χ0v) is 26.8. The second-order valence-corrected chi connectivity index (χ2v) is 12.0. The number of carbonyl (C=O) groups excluding carboxylic acids is 1. The highest BCUT2D eigenvalue weighted by molar-refractivity contribution is 5.79. The molecule has 1 aromatic carbocycles. The Kier molecular flexibility index (Phi) is 8.43.